The van der Waals surface area contributed by atoms with Crippen LogP contribution in [0.15, 0.2) is 15.3 Å². The summed E-state index contributed by atoms with van der Waals surface area (Å²) >= 11 is 0. The molecule has 2 aromatic heterocycles. The van der Waals surface area contributed by atoms with Gasteiger partial charge in [0.2, 0.25) is 5.89 Å². The lowest BCUT2D eigenvalue weighted by Crippen LogP contribution is -2.26. The molecular weight excluding hydrogens is 242 g/mol. The fraction of sp³-hybridized carbons (Fsp3) is 0.500. The van der Waals surface area contributed by atoms with Crippen molar-refractivity contribution in [3.05, 3.63) is 45.0 Å². The minimum atomic E-state index is -0.0749. The second kappa shape index (κ2) is 4.64. The van der Waals surface area contributed by atoms with Crippen LogP contribution in [0.1, 0.15) is 41.4 Å². The molecule has 3 rings (SSSR count). The maximum Gasteiger partial charge on any atom is 0.267 e. The van der Waals surface area contributed by atoms with Crippen molar-refractivity contribution >= 4 is 0 Å². The molecule has 0 saturated carbocycles. The molecule has 2 heterocycles. The van der Waals surface area contributed by atoms with Crippen LogP contribution in [-0.2, 0) is 19.4 Å². The Morgan fingerprint density at radius 1 is 1.32 bits per heavy atom. The van der Waals surface area contributed by atoms with Crippen molar-refractivity contribution in [2.24, 2.45) is 0 Å². The molecule has 0 N–H and O–H groups in total. The van der Waals surface area contributed by atoms with E-state index in [4.69, 9.17) is 4.42 Å². The Bertz CT molecular complexity index is 650. The third kappa shape index (κ3) is 2.32. The van der Waals surface area contributed by atoms with E-state index in [0.717, 1.165) is 48.4 Å². The van der Waals surface area contributed by atoms with Crippen LogP contribution in [0, 0.1) is 13.8 Å². The van der Waals surface area contributed by atoms with E-state index < -0.39 is 0 Å². The molecule has 5 nitrogen and oxygen atoms in total. The molecule has 1 aliphatic rings. The van der Waals surface area contributed by atoms with Gasteiger partial charge < -0.3 is 4.42 Å². The second-order valence-corrected chi connectivity index (χ2v) is 5.07. The zero-order chi connectivity index (χ0) is 13.4. The Labute approximate surface area is 111 Å². The molecule has 0 fully saturated rings. The molecule has 0 radical (unpaired) electrons. The molecule has 0 aromatic carbocycles. The molecule has 0 aliphatic heterocycles. The van der Waals surface area contributed by atoms with E-state index in [1.54, 1.807) is 6.07 Å². The molecule has 5 heteroatoms. The lowest BCUT2D eigenvalue weighted by molar-refractivity contribution is 0.435. The molecule has 1 aliphatic carbocycles. The van der Waals surface area contributed by atoms with Crippen molar-refractivity contribution in [2.45, 2.75) is 46.1 Å². The van der Waals surface area contributed by atoms with Crippen molar-refractivity contribution < 1.29 is 4.42 Å². The van der Waals surface area contributed by atoms with Crippen molar-refractivity contribution in [1.29, 1.82) is 0 Å². The Kier molecular flexibility index (Phi) is 2.97. The molecule has 19 heavy (non-hydrogen) atoms. The molecule has 0 atom stereocenters. The van der Waals surface area contributed by atoms with Gasteiger partial charge in [0.15, 0.2) is 0 Å². The topological polar surface area (TPSA) is 60.9 Å². The van der Waals surface area contributed by atoms with Gasteiger partial charge in [-0.05, 0) is 45.1 Å². The maximum absolute atomic E-state index is 12.0. The van der Waals surface area contributed by atoms with Crippen LogP contribution in [0.4, 0.5) is 0 Å². The lowest BCUT2D eigenvalue weighted by atomic mass is 9.97. The summed E-state index contributed by atoms with van der Waals surface area (Å²) in [4.78, 5) is 16.3. The molecule has 0 spiro atoms. The molecule has 0 amide bonds. The number of rotatable bonds is 2. The van der Waals surface area contributed by atoms with Crippen LogP contribution >= 0.6 is 0 Å². The highest BCUT2D eigenvalue weighted by Crippen LogP contribution is 2.17. The lowest BCUT2D eigenvalue weighted by Gasteiger charge is -2.15. The van der Waals surface area contributed by atoms with E-state index in [-0.39, 0.29) is 5.56 Å². The van der Waals surface area contributed by atoms with E-state index in [9.17, 15) is 4.79 Å². The Hall–Kier alpha value is -1.91. The van der Waals surface area contributed by atoms with Crippen molar-refractivity contribution in [3.63, 3.8) is 0 Å². The van der Waals surface area contributed by atoms with Gasteiger partial charge in [0.1, 0.15) is 12.3 Å². The standard InChI is InChI=1S/C14H17N3O2/c1-9-10(2)19-13(15-9)8-17-14(18)7-11-5-3-4-6-12(11)16-17/h7H,3-6,8H2,1-2H3. The number of aromatic nitrogens is 3. The Morgan fingerprint density at radius 2 is 2.11 bits per heavy atom. The minimum Gasteiger partial charge on any atom is -0.444 e. The third-order valence-electron chi connectivity index (χ3n) is 3.63. The zero-order valence-electron chi connectivity index (χ0n) is 11.3. The summed E-state index contributed by atoms with van der Waals surface area (Å²) in [6, 6.07) is 1.71. The Morgan fingerprint density at radius 3 is 2.84 bits per heavy atom. The summed E-state index contributed by atoms with van der Waals surface area (Å²) in [6.45, 7) is 4.07. The zero-order valence-corrected chi connectivity index (χ0v) is 11.3. The van der Waals surface area contributed by atoms with Crippen LogP contribution in [0.5, 0.6) is 0 Å². The van der Waals surface area contributed by atoms with Crippen LogP contribution < -0.4 is 5.56 Å². The second-order valence-electron chi connectivity index (χ2n) is 5.07. The van der Waals surface area contributed by atoms with Gasteiger partial charge in [-0.2, -0.15) is 5.10 Å². The van der Waals surface area contributed by atoms with Gasteiger partial charge >= 0.3 is 0 Å². The maximum atomic E-state index is 12.0. The first-order valence-electron chi connectivity index (χ1n) is 6.66. The number of hydrogen-bond acceptors (Lipinski definition) is 4. The number of aryl methyl sites for hydroxylation is 4. The van der Waals surface area contributed by atoms with Gasteiger partial charge in [-0.15, -0.1) is 0 Å². The molecule has 2 aromatic rings. The van der Waals surface area contributed by atoms with Gasteiger partial charge in [-0.1, -0.05) is 0 Å². The highest BCUT2D eigenvalue weighted by atomic mass is 16.4. The monoisotopic (exact) mass is 259 g/mol. The van der Waals surface area contributed by atoms with Gasteiger partial charge in [-0.3, -0.25) is 4.79 Å². The average Bonchev–Trinajstić information content (AvgIpc) is 2.69. The fourth-order valence-corrected chi connectivity index (χ4v) is 2.45. The summed E-state index contributed by atoms with van der Waals surface area (Å²) < 4.78 is 6.96. The highest BCUT2D eigenvalue weighted by Gasteiger charge is 2.14. The van der Waals surface area contributed by atoms with Gasteiger partial charge in [0.25, 0.3) is 5.56 Å². The van der Waals surface area contributed by atoms with Crippen LogP contribution in [0.2, 0.25) is 0 Å². The first kappa shape index (κ1) is 12.1. The number of hydrogen-bond donors (Lipinski definition) is 0. The van der Waals surface area contributed by atoms with Gasteiger partial charge in [-0.25, -0.2) is 9.67 Å². The normalized spacial score (nSPS) is 14.4. The minimum absolute atomic E-state index is 0.0749. The highest BCUT2D eigenvalue weighted by molar-refractivity contribution is 5.20. The van der Waals surface area contributed by atoms with Crippen molar-refractivity contribution in [3.8, 4) is 0 Å². The summed E-state index contributed by atoms with van der Waals surface area (Å²) in [6.07, 6.45) is 4.22. The fourth-order valence-electron chi connectivity index (χ4n) is 2.45. The molecule has 100 valence electrons. The molecule has 0 unspecified atom stereocenters. The SMILES string of the molecule is Cc1nc(Cn2nc3c(cc2=O)CCCC3)oc1C. The van der Waals surface area contributed by atoms with E-state index in [1.807, 2.05) is 13.8 Å². The molecule has 0 saturated heterocycles. The molecule has 0 bridgehead atoms. The predicted octanol–water partition coefficient (Wildman–Crippen LogP) is 1.78. The summed E-state index contributed by atoms with van der Waals surface area (Å²) in [7, 11) is 0. The Balaban J connectivity index is 1.94. The molecular formula is C14H17N3O2. The van der Waals surface area contributed by atoms with Crippen molar-refractivity contribution in [1.82, 2.24) is 14.8 Å². The van der Waals surface area contributed by atoms with Crippen LogP contribution in [0.3, 0.4) is 0 Å². The first-order chi connectivity index (χ1) is 9.13. The van der Waals surface area contributed by atoms with Crippen LogP contribution in [-0.4, -0.2) is 14.8 Å². The summed E-state index contributed by atoms with van der Waals surface area (Å²) in [5.41, 5.74) is 2.94. The van der Waals surface area contributed by atoms with Gasteiger partial charge in [0.05, 0.1) is 11.4 Å². The van der Waals surface area contributed by atoms with E-state index in [1.165, 1.54) is 4.68 Å². The van der Waals surface area contributed by atoms with Crippen LogP contribution in [0.25, 0.3) is 0 Å². The van der Waals surface area contributed by atoms with E-state index >= 15 is 0 Å². The predicted molar refractivity (Wildman–Crippen MR) is 70.2 cm³/mol. The largest absolute Gasteiger partial charge is 0.444 e. The van der Waals surface area contributed by atoms with Crippen molar-refractivity contribution in [2.75, 3.05) is 0 Å². The first-order valence-corrected chi connectivity index (χ1v) is 6.66. The van der Waals surface area contributed by atoms with Gasteiger partial charge in [0, 0.05) is 6.07 Å². The summed E-state index contributed by atoms with van der Waals surface area (Å²) in [5.74, 6) is 1.33. The number of nitrogens with zero attached hydrogens (tertiary/aromatic N) is 3. The quantitative estimate of drug-likeness (QED) is 0.824. The van der Waals surface area contributed by atoms with E-state index in [0.29, 0.717) is 12.4 Å². The number of fused-ring (bicyclic) bond motifs is 1. The summed E-state index contributed by atoms with van der Waals surface area (Å²) in [5, 5.41) is 4.45. The number of oxazole rings is 1. The third-order valence-corrected chi connectivity index (χ3v) is 3.63. The van der Waals surface area contributed by atoms with E-state index in [2.05, 4.69) is 10.1 Å². The average molecular weight is 259 g/mol. The smallest absolute Gasteiger partial charge is 0.267 e.